The highest BCUT2D eigenvalue weighted by Gasteiger charge is 2.26. The molecular weight excluding hydrogens is 262 g/mol. The molecule has 20 heavy (non-hydrogen) atoms. The van der Waals surface area contributed by atoms with Gasteiger partial charge in [-0.1, -0.05) is 0 Å². The van der Waals surface area contributed by atoms with Crippen molar-refractivity contribution in [3.05, 3.63) is 27.8 Å². The van der Waals surface area contributed by atoms with Gasteiger partial charge >= 0.3 is 0 Å². The molecule has 0 unspecified atom stereocenters. The van der Waals surface area contributed by atoms with E-state index in [4.69, 9.17) is 4.74 Å². The fraction of sp³-hybridized carbons (Fsp3) is 0.462. The average Bonchev–Trinajstić information content (AvgIpc) is 2.78. The van der Waals surface area contributed by atoms with Gasteiger partial charge in [-0.2, -0.15) is 0 Å². The lowest BCUT2D eigenvalue weighted by molar-refractivity contribution is -0.384. The van der Waals surface area contributed by atoms with E-state index in [1.165, 1.54) is 6.07 Å². The highest BCUT2D eigenvalue weighted by molar-refractivity contribution is 6.00. The Morgan fingerprint density at radius 3 is 2.80 bits per heavy atom. The summed E-state index contributed by atoms with van der Waals surface area (Å²) in [7, 11) is 0. The highest BCUT2D eigenvalue weighted by atomic mass is 16.6. The first-order chi connectivity index (χ1) is 9.63. The minimum Gasteiger partial charge on any atom is -0.381 e. The van der Waals surface area contributed by atoms with Gasteiger partial charge in [-0.05, 0) is 24.5 Å². The van der Waals surface area contributed by atoms with Crippen molar-refractivity contribution in [1.29, 1.82) is 0 Å². The number of hydrogen-bond acceptors (Lipinski definition) is 5. The minimum absolute atomic E-state index is 0.0201. The zero-order valence-corrected chi connectivity index (χ0v) is 10.8. The maximum absolute atomic E-state index is 11.4. The van der Waals surface area contributed by atoms with Crippen LogP contribution in [0.4, 0.5) is 17.1 Å². The van der Waals surface area contributed by atoms with Gasteiger partial charge in [0.1, 0.15) is 5.69 Å². The third kappa shape index (κ3) is 2.44. The Hall–Kier alpha value is -2.15. The molecule has 2 N–H and O–H groups in total. The Kier molecular flexibility index (Phi) is 3.27. The topological polar surface area (TPSA) is 93.5 Å². The number of fused-ring (bicyclic) bond motifs is 1. The second-order valence-corrected chi connectivity index (χ2v) is 5.04. The molecular formula is C13H15N3O4. The van der Waals surface area contributed by atoms with Gasteiger partial charge in [-0.25, -0.2) is 0 Å². The normalized spacial score (nSPS) is 18.5. The van der Waals surface area contributed by atoms with E-state index in [0.717, 1.165) is 12.8 Å². The molecule has 1 aromatic carbocycles. The molecule has 7 nitrogen and oxygen atoms in total. The molecule has 0 bridgehead atoms. The summed E-state index contributed by atoms with van der Waals surface area (Å²) in [6.45, 7) is 1.32. The number of rotatable bonds is 3. The zero-order chi connectivity index (χ0) is 14.1. The maximum atomic E-state index is 11.4. The lowest BCUT2D eigenvalue weighted by Crippen LogP contribution is -2.28. The molecule has 2 heterocycles. The predicted octanol–water partition coefficient (Wildman–Crippen LogP) is 1.68. The van der Waals surface area contributed by atoms with Gasteiger partial charge in [-0.15, -0.1) is 0 Å². The van der Waals surface area contributed by atoms with Crippen LogP contribution in [0.3, 0.4) is 0 Å². The highest BCUT2D eigenvalue weighted by Crippen LogP contribution is 2.35. The number of benzene rings is 1. The van der Waals surface area contributed by atoms with E-state index in [2.05, 4.69) is 10.6 Å². The van der Waals surface area contributed by atoms with Crippen LogP contribution in [0.2, 0.25) is 0 Å². The molecule has 2 aliphatic heterocycles. The number of nitro groups is 1. The minimum atomic E-state index is -0.412. The van der Waals surface area contributed by atoms with Gasteiger partial charge in [0, 0.05) is 31.0 Å². The van der Waals surface area contributed by atoms with E-state index in [0.29, 0.717) is 30.2 Å². The molecule has 0 atom stereocenters. The van der Waals surface area contributed by atoms with Crippen LogP contribution >= 0.6 is 0 Å². The number of carbonyl (C=O) groups excluding carboxylic acids is 1. The summed E-state index contributed by atoms with van der Waals surface area (Å²) in [5.74, 6) is -0.127. The van der Waals surface area contributed by atoms with Crippen molar-refractivity contribution in [2.24, 2.45) is 0 Å². The third-order valence-corrected chi connectivity index (χ3v) is 3.62. The number of nitro benzene ring substituents is 1. The van der Waals surface area contributed by atoms with Gasteiger partial charge in [0.2, 0.25) is 5.91 Å². The van der Waals surface area contributed by atoms with E-state index in [1.807, 2.05) is 0 Å². The van der Waals surface area contributed by atoms with Crippen LogP contribution in [0.15, 0.2) is 12.1 Å². The van der Waals surface area contributed by atoms with Gasteiger partial charge in [0.05, 0.1) is 11.3 Å². The number of hydrogen-bond donors (Lipinski definition) is 2. The molecule has 0 aliphatic carbocycles. The molecule has 0 radical (unpaired) electrons. The summed E-state index contributed by atoms with van der Waals surface area (Å²) >= 11 is 0. The van der Waals surface area contributed by atoms with Crippen molar-refractivity contribution in [2.75, 3.05) is 23.8 Å². The van der Waals surface area contributed by atoms with Crippen LogP contribution in [0.25, 0.3) is 0 Å². The Bertz CT molecular complexity index is 567. The lowest BCUT2D eigenvalue weighted by atomic mass is 10.1. The summed E-state index contributed by atoms with van der Waals surface area (Å²) in [6.07, 6.45) is 1.84. The van der Waals surface area contributed by atoms with Gasteiger partial charge in [0.25, 0.3) is 5.69 Å². The first-order valence-corrected chi connectivity index (χ1v) is 6.59. The quantitative estimate of drug-likeness (QED) is 0.647. The predicted molar refractivity (Wildman–Crippen MR) is 72.9 cm³/mol. The Morgan fingerprint density at radius 2 is 2.10 bits per heavy atom. The van der Waals surface area contributed by atoms with E-state index < -0.39 is 4.92 Å². The number of nitrogens with zero attached hydrogens (tertiary/aromatic N) is 1. The molecule has 7 heteroatoms. The van der Waals surface area contributed by atoms with Crippen molar-refractivity contribution in [1.82, 2.24) is 0 Å². The second-order valence-electron chi connectivity index (χ2n) is 5.04. The number of amides is 1. The van der Waals surface area contributed by atoms with E-state index in [1.54, 1.807) is 6.07 Å². The number of carbonyl (C=O) groups is 1. The third-order valence-electron chi connectivity index (χ3n) is 3.62. The molecule has 0 spiro atoms. The largest absolute Gasteiger partial charge is 0.381 e. The Morgan fingerprint density at radius 1 is 1.35 bits per heavy atom. The first kappa shape index (κ1) is 12.9. The standard InChI is InChI=1S/C13H15N3O4/c17-13-6-8-5-12(16(18)19)11(7-10(8)15-13)14-9-1-3-20-4-2-9/h5,7,9,14H,1-4,6H2,(H,15,17). The molecule has 1 amide bonds. The molecule has 1 fully saturated rings. The molecule has 1 aromatic rings. The molecule has 2 aliphatic rings. The first-order valence-electron chi connectivity index (χ1n) is 6.59. The second kappa shape index (κ2) is 5.09. The number of ether oxygens (including phenoxy) is 1. The van der Waals surface area contributed by atoms with Crippen LogP contribution in [-0.2, 0) is 16.0 Å². The summed E-state index contributed by atoms with van der Waals surface area (Å²) < 4.78 is 5.27. The van der Waals surface area contributed by atoms with Gasteiger partial charge in [0.15, 0.2) is 0 Å². The average molecular weight is 277 g/mol. The fourth-order valence-corrected chi connectivity index (χ4v) is 2.59. The van der Waals surface area contributed by atoms with Crippen LogP contribution in [0, 0.1) is 10.1 Å². The summed E-state index contributed by atoms with van der Waals surface area (Å²) in [5.41, 5.74) is 1.82. The van der Waals surface area contributed by atoms with E-state index in [9.17, 15) is 14.9 Å². The Labute approximate surface area is 115 Å². The van der Waals surface area contributed by atoms with Crippen LogP contribution in [0.1, 0.15) is 18.4 Å². The van der Waals surface area contributed by atoms with Gasteiger partial charge in [-0.3, -0.25) is 14.9 Å². The van der Waals surface area contributed by atoms with E-state index in [-0.39, 0.29) is 24.1 Å². The van der Waals surface area contributed by atoms with Crippen LogP contribution in [-0.4, -0.2) is 30.1 Å². The van der Waals surface area contributed by atoms with Crippen molar-refractivity contribution < 1.29 is 14.5 Å². The molecule has 0 saturated carbocycles. The zero-order valence-electron chi connectivity index (χ0n) is 10.8. The molecule has 1 saturated heterocycles. The van der Waals surface area contributed by atoms with Crippen molar-refractivity contribution >= 4 is 23.0 Å². The van der Waals surface area contributed by atoms with Gasteiger partial charge < -0.3 is 15.4 Å². The number of anilines is 2. The Balaban J connectivity index is 1.90. The smallest absolute Gasteiger partial charge is 0.292 e. The van der Waals surface area contributed by atoms with Crippen molar-refractivity contribution in [2.45, 2.75) is 25.3 Å². The van der Waals surface area contributed by atoms with Crippen LogP contribution < -0.4 is 10.6 Å². The molecule has 0 aromatic heterocycles. The molecule has 106 valence electrons. The summed E-state index contributed by atoms with van der Waals surface area (Å²) in [6, 6.07) is 3.31. The maximum Gasteiger partial charge on any atom is 0.292 e. The van der Waals surface area contributed by atoms with E-state index >= 15 is 0 Å². The molecule has 3 rings (SSSR count). The number of nitrogens with one attached hydrogen (secondary N) is 2. The van der Waals surface area contributed by atoms with Crippen LogP contribution in [0.5, 0.6) is 0 Å². The monoisotopic (exact) mass is 277 g/mol. The SMILES string of the molecule is O=C1Cc2cc([N+](=O)[O-])c(NC3CCOCC3)cc2N1. The fourth-order valence-electron chi connectivity index (χ4n) is 2.59. The summed E-state index contributed by atoms with van der Waals surface area (Å²) in [5, 5.41) is 17.1. The lowest BCUT2D eigenvalue weighted by Gasteiger charge is -2.24. The van der Waals surface area contributed by atoms with Crippen molar-refractivity contribution in [3.63, 3.8) is 0 Å². The van der Waals surface area contributed by atoms with Crippen molar-refractivity contribution in [3.8, 4) is 0 Å². The summed E-state index contributed by atoms with van der Waals surface area (Å²) in [4.78, 5) is 22.1.